The summed E-state index contributed by atoms with van der Waals surface area (Å²) >= 11 is 0. The Morgan fingerprint density at radius 2 is 2.29 bits per heavy atom. The van der Waals surface area contributed by atoms with Crippen LogP contribution in [-0.4, -0.2) is 41.0 Å². The van der Waals surface area contributed by atoms with E-state index in [1.165, 1.54) is 18.2 Å². The molecule has 114 valence electrons. The number of morpholine rings is 1. The Bertz CT molecular complexity index is 561. The van der Waals surface area contributed by atoms with Crippen molar-refractivity contribution in [3.05, 3.63) is 33.9 Å². The summed E-state index contributed by atoms with van der Waals surface area (Å²) in [5.74, 6) is -0.168. The molecule has 0 aliphatic carbocycles. The van der Waals surface area contributed by atoms with Gasteiger partial charge in [-0.15, -0.1) is 0 Å². The van der Waals surface area contributed by atoms with Crippen LogP contribution in [0.1, 0.15) is 30.6 Å². The topological polar surface area (TPSA) is 98.7 Å². The van der Waals surface area contributed by atoms with Crippen LogP contribution in [0, 0.1) is 10.1 Å². The molecule has 21 heavy (non-hydrogen) atoms. The first kappa shape index (κ1) is 15.2. The van der Waals surface area contributed by atoms with Crippen molar-refractivity contribution < 1.29 is 14.5 Å². The number of hydrogen-bond donors (Lipinski definition) is 1. The van der Waals surface area contributed by atoms with Crippen LogP contribution in [0.3, 0.4) is 0 Å². The van der Waals surface area contributed by atoms with E-state index in [1.54, 1.807) is 4.90 Å². The number of nitro benzene ring substituents is 1. The zero-order chi connectivity index (χ0) is 15.6. The van der Waals surface area contributed by atoms with Gasteiger partial charge in [0.1, 0.15) is 5.69 Å². The Kier molecular flexibility index (Phi) is 4.42. The molecule has 0 radical (unpaired) electrons. The van der Waals surface area contributed by atoms with Gasteiger partial charge in [-0.3, -0.25) is 14.9 Å². The number of nitrogens with zero attached hydrogens (tertiary/aromatic N) is 2. The quantitative estimate of drug-likeness (QED) is 0.520. The predicted octanol–water partition coefficient (Wildman–Crippen LogP) is 1.82. The maximum absolute atomic E-state index is 12.6. The van der Waals surface area contributed by atoms with Gasteiger partial charge in [0.05, 0.1) is 23.7 Å². The fourth-order valence-electron chi connectivity index (χ4n) is 2.45. The maximum Gasteiger partial charge on any atom is 0.292 e. The van der Waals surface area contributed by atoms with E-state index < -0.39 is 4.92 Å². The second kappa shape index (κ2) is 6.09. The summed E-state index contributed by atoms with van der Waals surface area (Å²) < 4.78 is 5.56. The molecule has 2 atom stereocenters. The van der Waals surface area contributed by atoms with Crippen LogP contribution in [0.4, 0.5) is 11.4 Å². The van der Waals surface area contributed by atoms with Crippen molar-refractivity contribution in [2.75, 3.05) is 18.9 Å². The van der Waals surface area contributed by atoms with E-state index in [2.05, 4.69) is 0 Å². The van der Waals surface area contributed by atoms with Crippen LogP contribution in [0.25, 0.3) is 0 Å². The Morgan fingerprint density at radius 3 is 2.86 bits per heavy atom. The first-order chi connectivity index (χ1) is 9.93. The summed E-state index contributed by atoms with van der Waals surface area (Å²) in [6.45, 7) is 4.92. The van der Waals surface area contributed by atoms with Crippen LogP contribution >= 0.6 is 0 Å². The minimum absolute atomic E-state index is 0.000191. The monoisotopic (exact) mass is 293 g/mol. The van der Waals surface area contributed by atoms with E-state index >= 15 is 0 Å². The molecule has 1 heterocycles. The van der Waals surface area contributed by atoms with Gasteiger partial charge in [-0.25, -0.2) is 0 Å². The third-order valence-electron chi connectivity index (χ3n) is 3.67. The molecule has 1 aliphatic rings. The van der Waals surface area contributed by atoms with Gasteiger partial charge in [0, 0.05) is 18.2 Å². The van der Waals surface area contributed by atoms with Gasteiger partial charge >= 0.3 is 0 Å². The number of amides is 1. The van der Waals surface area contributed by atoms with Gasteiger partial charge in [0.15, 0.2) is 0 Å². The number of nitro groups is 1. The number of anilines is 1. The van der Waals surface area contributed by atoms with E-state index in [-0.39, 0.29) is 29.4 Å². The summed E-state index contributed by atoms with van der Waals surface area (Å²) in [7, 11) is 0. The molecule has 2 N–H and O–H groups in total. The largest absolute Gasteiger partial charge is 0.393 e. The number of ether oxygens (including phenoxy) is 1. The molecule has 1 aromatic rings. The maximum atomic E-state index is 12.6. The van der Waals surface area contributed by atoms with Gasteiger partial charge in [-0.05, 0) is 25.5 Å². The summed E-state index contributed by atoms with van der Waals surface area (Å²) in [6, 6.07) is 4.11. The van der Waals surface area contributed by atoms with Crippen LogP contribution in [0.15, 0.2) is 18.2 Å². The first-order valence-corrected chi connectivity index (χ1v) is 6.90. The highest BCUT2D eigenvalue weighted by Crippen LogP contribution is 2.24. The van der Waals surface area contributed by atoms with Gasteiger partial charge in [-0.2, -0.15) is 0 Å². The third kappa shape index (κ3) is 3.13. The summed E-state index contributed by atoms with van der Waals surface area (Å²) in [5.41, 5.74) is 5.83. The van der Waals surface area contributed by atoms with Crippen molar-refractivity contribution in [2.24, 2.45) is 0 Å². The lowest BCUT2D eigenvalue weighted by Gasteiger charge is -2.38. The molecule has 0 saturated carbocycles. The number of carbonyl (C=O) groups is 1. The number of nitrogens with two attached hydrogens (primary N) is 1. The van der Waals surface area contributed by atoms with Crippen molar-refractivity contribution in [1.29, 1.82) is 0 Å². The van der Waals surface area contributed by atoms with Crippen molar-refractivity contribution in [2.45, 2.75) is 32.4 Å². The number of carbonyl (C=O) groups excluding carboxylic acids is 1. The molecule has 1 aromatic carbocycles. The summed E-state index contributed by atoms with van der Waals surface area (Å²) in [5, 5.41) is 10.8. The zero-order valence-corrected chi connectivity index (χ0v) is 12.1. The molecule has 1 fully saturated rings. The number of hydrogen-bond acceptors (Lipinski definition) is 5. The van der Waals surface area contributed by atoms with Crippen molar-refractivity contribution in [3.8, 4) is 0 Å². The molecule has 1 saturated heterocycles. The Labute approximate surface area is 122 Å². The lowest BCUT2D eigenvalue weighted by atomic mass is 10.1. The Hall–Kier alpha value is -2.15. The fourth-order valence-corrected chi connectivity index (χ4v) is 2.45. The van der Waals surface area contributed by atoms with E-state index in [0.29, 0.717) is 18.7 Å². The van der Waals surface area contributed by atoms with E-state index in [4.69, 9.17) is 10.5 Å². The van der Waals surface area contributed by atoms with E-state index in [9.17, 15) is 14.9 Å². The van der Waals surface area contributed by atoms with Crippen molar-refractivity contribution in [3.63, 3.8) is 0 Å². The lowest BCUT2D eigenvalue weighted by molar-refractivity contribution is -0.383. The third-order valence-corrected chi connectivity index (χ3v) is 3.67. The Balaban J connectivity index is 2.26. The number of rotatable bonds is 3. The second-order valence-corrected chi connectivity index (χ2v) is 5.19. The van der Waals surface area contributed by atoms with Gasteiger partial charge < -0.3 is 15.4 Å². The molecule has 0 bridgehead atoms. The molecule has 0 spiro atoms. The Morgan fingerprint density at radius 1 is 1.57 bits per heavy atom. The summed E-state index contributed by atoms with van der Waals surface area (Å²) in [4.78, 5) is 24.6. The molecule has 2 unspecified atom stereocenters. The molecule has 1 amide bonds. The molecule has 7 heteroatoms. The highest BCUT2D eigenvalue weighted by Gasteiger charge is 2.30. The number of nitrogen functional groups attached to an aromatic ring is 1. The summed E-state index contributed by atoms with van der Waals surface area (Å²) in [6.07, 6.45) is 0.771. The molecule has 1 aliphatic heterocycles. The minimum atomic E-state index is -0.560. The zero-order valence-electron chi connectivity index (χ0n) is 12.1. The van der Waals surface area contributed by atoms with Crippen molar-refractivity contribution in [1.82, 2.24) is 4.90 Å². The molecule has 2 rings (SSSR count). The highest BCUT2D eigenvalue weighted by molar-refractivity contribution is 5.96. The van der Waals surface area contributed by atoms with Gasteiger partial charge in [0.2, 0.25) is 0 Å². The first-order valence-electron chi connectivity index (χ1n) is 6.90. The molecular weight excluding hydrogens is 274 g/mol. The van der Waals surface area contributed by atoms with Gasteiger partial charge in [0.25, 0.3) is 11.6 Å². The minimum Gasteiger partial charge on any atom is -0.393 e. The van der Waals surface area contributed by atoms with Crippen LogP contribution in [0.5, 0.6) is 0 Å². The number of benzene rings is 1. The molecule has 7 nitrogen and oxygen atoms in total. The average Bonchev–Trinajstić information content (AvgIpc) is 2.45. The second-order valence-electron chi connectivity index (χ2n) is 5.19. The molecular formula is C14H19N3O4. The SMILES string of the molecule is CCC1COC(C)CN1C(=O)c1ccc([N+](=O)[O-])c(N)c1. The fraction of sp³-hybridized carbons (Fsp3) is 0.500. The van der Waals surface area contributed by atoms with Crippen LogP contribution in [0.2, 0.25) is 0 Å². The van der Waals surface area contributed by atoms with Crippen LogP contribution < -0.4 is 5.73 Å². The standard InChI is InChI=1S/C14H19N3O4/c1-3-11-8-21-9(2)7-16(11)14(18)10-4-5-13(17(19)20)12(15)6-10/h4-6,9,11H,3,7-8,15H2,1-2H3. The molecule has 0 aromatic heterocycles. The lowest BCUT2D eigenvalue weighted by Crippen LogP contribution is -2.51. The van der Waals surface area contributed by atoms with Crippen LogP contribution in [-0.2, 0) is 4.74 Å². The normalized spacial score (nSPS) is 22.1. The van der Waals surface area contributed by atoms with Crippen molar-refractivity contribution >= 4 is 17.3 Å². The predicted molar refractivity (Wildman–Crippen MR) is 78.0 cm³/mol. The average molecular weight is 293 g/mol. The van der Waals surface area contributed by atoms with Gasteiger partial charge in [-0.1, -0.05) is 6.92 Å². The van der Waals surface area contributed by atoms with E-state index in [0.717, 1.165) is 6.42 Å². The smallest absolute Gasteiger partial charge is 0.292 e. The highest BCUT2D eigenvalue weighted by atomic mass is 16.6. The van der Waals surface area contributed by atoms with E-state index in [1.807, 2.05) is 13.8 Å².